The van der Waals surface area contributed by atoms with Gasteiger partial charge in [-0.15, -0.1) is 5.10 Å². The zero-order chi connectivity index (χ0) is 30.1. The van der Waals surface area contributed by atoms with Crippen molar-refractivity contribution in [1.29, 1.82) is 0 Å². The van der Waals surface area contributed by atoms with Crippen LogP contribution in [0.15, 0.2) is 31.0 Å². The highest BCUT2D eigenvalue weighted by atomic mass is 19.4. The van der Waals surface area contributed by atoms with E-state index < -0.39 is 42.8 Å². The molecule has 14 nitrogen and oxygen atoms in total. The lowest BCUT2D eigenvalue weighted by molar-refractivity contribution is -0.151. The number of ether oxygens (including phenoxy) is 2. The fourth-order valence-corrected chi connectivity index (χ4v) is 3.57. The number of esters is 2. The van der Waals surface area contributed by atoms with Crippen molar-refractivity contribution in [2.45, 2.75) is 59.4 Å². The minimum Gasteiger partial charge on any atom is -0.443 e. The predicted molar refractivity (Wildman–Crippen MR) is 136 cm³/mol. The molecule has 0 saturated heterocycles. The number of fused-ring (bicyclic) bond motifs is 1. The van der Waals surface area contributed by atoms with Crippen LogP contribution < -0.4 is 11.5 Å². The molecule has 2 atom stereocenters. The SMILES string of the molecule is CC(C)C(N)C(=O)OCn1cnc(-c2c(-c3nc(C(F)(F)F)nn3COC(=O)C(N)C(C)C)nc3ncccn23)c1. The maximum absolute atomic E-state index is 13.6. The number of hydrogen-bond acceptors (Lipinski definition) is 11. The van der Waals surface area contributed by atoms with Crippen molar-refractivity contribution in [2.24, 2.45) is 23.3 Å². The van der Waals surface area contributed by atoms with Crippen molar-refractivity contribution in [3.05, 3.63) is 36.8 Å². The Kier molecular flexibility index (Phi) is 8.39. The second-order valence-electron chi connectivity index (χ2n) is 9.85. The normalized spacial score (nSPS) is 13.6. The van der Waals surface area contributed by atoms with Gasteiger partial charge in [0.2, 0.25) is 5.78 Å². The molecule has 0 spiro atoms. The molecule has 0 bridgehead atoms. The number of rotatable bonds is 10. The summed E-state index contributed by atoms with van der Waals surface area (Å²) in [6.07, 6.45) is 0.998. The van der Waals surface area contributed by atoms with E-state index in [1.165, 1.54) is 27.7 Å². The molecule has 0 aliphatic heterocycles. The first kappa shape index (κ1) is 29.6. The summed E-state index contributed by atoms with van der Waals surface area (Å²) in [6, 6.07) is -0.213. The molecule has 0 aliphatic carbocycles. The summed E-state index contributed by atoms with van der Waals surface area (Å²) in [5, 5.41) is 3.52. The van der Waals surface area contributed by atoms with Crippen LogP contribution in [0.2, 0.25) is 0 Å². The fraction of sp³-hybridized carbons (Fsp3) is 0.458. The van der Waals surface area contributed by atoms with E-state index in [-0.39, 0.29) is 47.3 Å². The molecular weight excluding hydrogens is 549 g/mol. The van der Waals surface area contributed by atoms with Crippen molar-refractivity contribution in [3.63, 3.8) is 0 Å². The van der Waals surface area contributed by atoms with Crippen molar-refractivity contribution in [2.75, 3.05) is 0 Å². The van der Waals surface area contributed by atoms with Crippen molar-refractivity contribution >= 4 is 17.7 Å². The first-order valence-corrected chi connectivity index (χ1v) is 12.5. The van der Waals surface area contributed by atoms with Crippen molar-refractivity contribution in [1.82, 2.24) is 38.7 Å². The van der Waals surface area contributed by atoms with Gasteiger partial charge in [0.25, 0.3) is 5.82 Å². The highest BCUT2D eigenvalue weighted by Crippen LogP contribution is 2.33. The summed E-state index contributed by atoms with van der Waals surface area (Å²) >= 11 is 0. The third-order valence-corrected chi connectivity index (χ3v) is 6.08. The van der Waals surface area contributed by atoms with Gasteiger partial charge in [0.05, 0.1) is 6.33 Å². The zero-order valence-electron chi connectivity index (χ0n) is 22.6. The van der Waals surface area contributed by atoms with Gasteiger partial charge in [-0.05, 0) is 17.9 Å². The Hall–Kier alpha value is -4.38. The molecule has 4 rings (SSSR count). The fourth-order valence-electron chi connectivity index (χ4n) is 3.57. The highest BCUT2D eigenvalue weighted by Gasteiger charge is 2.38. The van der Waals surface area contributed by atoms with E-state index in [1.54, 1.807) is 40.0 Å². The molecule has 41 heavy (non-hydrogen) atoms. The molecule has 0 amide bonds. The second kappa shape index (κ2) is 11.6. The first-order chi connectivity index (χ1) is 19.3. The molecule has 4 aromatic rings. The van der Waals surface area contributed by atoms with Crippen molar-refractivity contribution in [3.8, 4) is 22.9 Å². The summed E-state index contributed by atoms with van der Waals surface area (Å²) < 4.78 is 55.1. The number of halogens is 3. The van der Waals surface area contributed by atoms with Crippen LogP contribution in [0.1, 0.15) is 33.5 Å². The minimum atomic E-state index is -4.90. The number of nitrogens with two attached hydrogens (primary N) is 2. The number of alkyl halides is 3. The Balaban J connectivity index is 1.74. The lowest BCUT2D eigenvalue weighted by atomic mass is 10.1. The van der Waals surface area contributed by atoms with Crippen LogP contribution in [0.4, 0.5) is 13.2 Å². The lowest BCUT2D eigenvalue weighted by Crippen LogP contribution is -2.37. The van der Waals surface area contributed by atoms with E-state index >= 15 is 0 Å². The summed E-state index contributed by atoms with van der Waals surface area (Å²) in [7, 11) is 0. The topological polar surface area (TPSA) is 183 Å². The third-order valence-electron chi connectivity index (χ3n) is 6.08. The lowest BCUT2D eigenvalue weighted by Gasteiger charge is -2.14. The minimum absolute atomic E-state index is 0.0695. The molecule has 17 heteroatoms. The molecule has 4 aromatic heterocycles. The second-order valence-corrected chi connectivity index (χ2v) is 9.85. The Morgan fingerprint density at radius 2 is 1.61 bits per heavy atom. The van der Waals surface area contributed by atoms with Crippen LogP contribution in [0.25, 0.3) is 28.7 Å². The number of hydrogen-bond donors (Lipinski definition) is 2. The monoisotopic (exact) mass is 578 g/mol. The Labute approximate surface area is 231 Å². The maximum Gasteiger partial charge on any atom is 0.453 e. The Morgan fingerprint density at radius 1 is 0.976 bits per heavy atom. The Bertz CT molecular complexity index is 1540. The predicted octanol–water partition coefficient (Wildman–Crippen LogP) is 1.84. The van der Waals surface area contributed by atoms with Crippen LogP contribution >= 0.6 is 0 Å². The van der Waals surface area contributed by atoms with E-state index in [0.29, 0.717) is 0 Å². The van der Waals surface area contributed by atoms with Crippen molar-refractivity contribution < 1.29 is 32.2 Å². The van der Waals surface area contributed by atoms with Gasteiger partial charge in [-0.3, -0.25) is 14.0 Å². The van der Waals surface area contributed by atoms with Gasteiger partial charge in [0.15, 0.2) is 19.3 Å². The van der Waals surface area contributed by atoms with Crippen LogP contribution in [-0.2, 0) is 38.7 Å². The summed E-state index contributed by atoms with van der Waals surface area (Å²) in [5.41, 5.74) is 12.0. The van der Waals surface area contributed by atoms with Gasteiger partial charge in [-0.1, -0.05) is 27.7 Å². The van der Waals surface area contributed by atoms with E-state index in [0.717, 1.165) is 4.68 Å². The number of carbonyl (C=O) groups is 2. The molecule has 220 valence electrons. The quantitative estimate of drug-likeness (QED) is 0.262. The zero-order valence-corrected chi connectivity index (χ0v) is 22.6. The molecule has 4 N–H and O–H groups in total. The highest BCUT2D eigenvalue weighted by molar-refractivity contribution is 5.77. The molecular formula is C24H29F3N10O4. The van der Waals surface area contributed by atoms with Gasteiger partial charge in [0.1, 0.15) is 29.2 Å². The van der Waals surface area contributed by atoms with Crippen LogP contribution in [0, 0.1) is 11.8 Å². The van der Waals surface area contributed by atoms with Crippen LogP contribution in [0.5, 0.6) is 0 Å². The van der Waals surface area contributed by atoms with E-state index in [4.69, 9.17) is 20.9 Å². The molecule has 0 fully saturated rings. The van der Waals surface area contributed by atoms with Gasteiger partial charge in [0, 0.05) is 18.6 Å². The molecule has 0 aliphatic rings. The number of imidazole rings is 2. The third kappa shape index (κ3) is 6.35. The first-order valence-electron chi connectivity index (χ1n) is 12.5. The van der Waals surface area contributed by atoms with Gasteiger partial charge < -0.3 is 25.5 Å². The molecule has 0 radical (unpaired) electrons. The summed E-state index contributed by atoms with van der Waals surface area (Å²) in [4.78, 5) is 41.0. The summed E-state index contributed by atoms with van der Waals surface area (Å²) in [6.45, 7) is 6.04. The van der Waals surface area contributed by atoms with Crippen LogP contribution in [0.3, 0.4) is 0 Å². The molecule has 0 aromatic carbocycles. The van der Waals surface area contributed by atoms with Gasteiger partial charge >= 0.3 is 18.1 Å². The van der Waals surface area contributed by atoms with Crippen LogP contribution in [-0.4, -0.2) is 62.7 Å². The van der Waals surface area contributed by atoms with E-state index in [1.807, 2.05) is 0 Å². The number of carbonyl (C=O) groups excluding carboxylic acids is 2. The molecule has 0 saturated carbocycles. The maximum atomic E-state index is 13.6. The van der Waals surface area contributed by atoms with Gasteiger partial charge in [-0.2, -0.15) is 13.2 Å². The average molecular weight is 579 g/mol. The number of aromatic nitrogens is 8. The largest absolute Gasteiger partial charge is 0.453 e. The molecule has 2 unspecified atom stereocenters. The molecule has 4 heterocycles. The summed E-state index contributed by atoms with van der Waals surface area (Å²) in [5.74, 6) is -3.52. The smallest absolute Gasteiger partial charge is 0.443 e. The Morgan fingerprint density at radius 3 is 2.22 bits per heavy atom. The van der Waals surface area contributed by atoms with Gasteiger partial charge in [-0.25, -0.2) is 24.6 Å². The van der Waals surface area contributed by atoms with E-state index in [2.05, 4.69) is 25.0 Å². The average Bonchev–Trinajstić information content (AvgIpc) is 3.65. The standard InChI is InChI=1S/C24H29F3N10O4/c1-12(2)15(28)20(38)40-10-35-8-14(31-9-35)18-17(32-23-30-6-5-7-36(18)23)19-33-22(24(25,26)27)34-37(19)11-41-21(39)16(29)13(3)4/h5-9,12-13,15-16H,10-11,28-29H2,1-4H3. The van der Waals surface area contributed by atoms with E-state index in [9.17, 15) is 22.8 Å². The number of nitrogens with zero attached hydrogens (tertiary/aromatic N) is 8.